The second kappa shape index (κ2) is 5.59. The zero-order chi connectivity index (χ0) is 15.6. The average molecular weight is 287 g/mol. The van der Waals surface area contributed by atoms with E-state index in [0.29, 0.717) is 11.2 Å². The number of amides is 1. The van der Waals surface area contributed by atoms with Gasteiger partial charge in [-0.2, -0.15) is 0 Å². The lowest BCUT2D eigenvalue weighted by molar-refractivity contribution is 0.0520. The summed E-state index contributed by atoms with van der Waals surface area (Å²) < 4.78 is 6.93. The Bertz CT molecular complexity index is 688. The van der Waals surface area contributed by atoms with Crippen molar-refractivity contribution in [2.75, 3.05) is 6.54 Å². The molecule has 1 amide bonds. The van der Waals surface area contributed by atoms with Crippen LogP contribution in [-0.4, -0.2) is 41.3 Å². The number of hydrogen-bond donors (Lipinski definition) is 1. The summed E-state index contributed by atoms with van der Waals surface area (Å²) in [5, 5.41) is 2.46. The molecule has 0 aliphatic carbocycles. The molecule has 7 heteroatoms. The molecule has 0 saturated carbocycles. The van der Waals surface area contributed by atoms with Gasteiger partial charge in [0.2, 0.25) is 0 Å². The largest absolute Gasteiger partial charge is 0.444 e. The minimum atomic E-state index is -0.609. The molecule has 1 N–H and O–H groups in total. The molecule has 2 heterocycles. The van der Waals surface area contributed by atoms with Gasteiger partial charge in [0.15, 0.2) is 13.6 Å². The van der Waals surface area contributed by atoms with Gasteiger partial charge in [0.05, 0.1) is 12.1 Å². The molecule has 0 spiro atoms. The predicted molar refractivity (Wildman–Crippen MR) is 81.9 cm³/mol. The van der Waals surface area contributed by atoms with Crippen molar-refractivity contribution < 1.29 is 14.3 Å². The van der Waals surface area contributed by atoms with E-state index >= 15 is 0 Å². The van der Waals surface area contributed by atoms with Crippen LogP contribution in [0.5, 0.6) is 0 Å². The summed E-state index contributed by atoms with van der Waals surface area (Å²) in [4.78, 5) is 28.0. The molecule has 21 heavy (non-hydrogen) atoms. The number of ether oxygens (including phenoxy) is 1. The average Bonchev–Trinajstić information content (AvgIpc) is 2.84. The third-order valence-electron chi connectivity index (χ3n) is 2.85. The number of Topliss-reactive ketones (excluding diaryl/α,β-unsaturated/α-hetero) is 1. The fraction of sp³-hybridized carbons (Fsp3) is 0.357. The van der Waals surface area contributed by atoms with Crippen molar-refractivity contribution in [1.82, 2.24) is 14.7 Å². The summed E-state index contributed by atoms with van der Waals surface area (Å²) in [6, 6.07) is 3.56. The van der Waals surface area contributed by atoms with Crippen LogP contribution in [0.4, 0.5) is 4.79 Å². The molecule has 0 saturated heterocycles. The van der Waals surface area contributed by atoms with Gasteiger partial charge >= 0.3 is 6.09 Å². The highest BCUT2D eigenvalue weighted by atomic mass is 16.6. The maximum absolute atomic E-state index is 12.2. The van der Waals surface area contributed by atoms with E-state index in [1.54, 1.807) is 39.2 Å². The van der Waals surface area contributed by atoms with Crippen molar-refractivity contribution in [3.63, 3.8) is 0 Å². The molecule has 0 radical (unpaired) electrons. The van der Waals surface area contributed by atoms with Crippen LogP contribution in [0.15, 0.2) is 24.5 Å². The molecule has 0 bridgehead atoms. The van der Waals surface area contributed by atoms with E-state index in [0.717, 1.165) is 5.59 Å². The first-order chi connectivity index (χ1) is 9.78. The van der Waals surface area contributed by atoms with Gasteiger partial charge in [-0.25, -0.2) is 9.78 Å². The number of hydrogen-bond acceptors (Lipinski definition) is 4. The third kappa shape index (κ3) is 3.62. The zero-order valence-electron chi connectivity index (χ0n) is 12.6. The highest BCUT2D eigenvalue weighted by Gasteiger charge is 2.18. The second-order valence-electron chi connectivity index (χ2n) is 5.79. The highest BCUT2D eigenvalue weighted by Crippen LogP contribution is 2.09. The molecule has 0 atom stereocenters. The molecule has 2 aromatic rings. The van der Waals surface area contributed by atoms with E-state index in [1.807, 2.05) is 18.3 Å². The number of nitrogens with one attached hydrogen (secondary N) is 1. The maximum atomic E-state index is 12.2. The lowest BCUT2D eigenvalue weighted by atomic mass is 10.0. The van der Waals surface area contributed by atoms with E-state index in [4.69, 9.17) is 4.74 Å². The van der Waals surface area contributed by atoms with Crippen LogP contribution < -0.4 is 10.9 Å². The normalized spacial score (nSPS) is 11.4. The summed E-state index contributed by atoms with van der Waals surface area (Å²) in [5.74, 6) is -0.211. The Kier molecular flexibility index (Phi) is 4.02. The van der Waals surface area contributed by atoms with Crippen LogP contribution in [0.3, 0.4) is 0 Å². The minimum absolute atomic E-state index is 0.125. The Morgan fingerprint density at radius 3 is 2.76 bits per heavy atom. The topological polar surface area (TPSA) is 72.7 Å². The maximum Gasteiger partial charge on any atom is 0.408 e. The van der Waals surface area contributed by atoms with Crippen molar-refractivity contribution in [2.24, 2.45) is 0 Å². The van der Waals surface area contributed by atoms with Gasteiger partial charge in [-0.1, -0.05) is 6.07 Å². The van der Waals surface area contributed by atoms with E-state index in [1.165, 1.54) is 0 Å². The molecular formula is C14H18BN3O3. The van der Waals surface area contributed by atoms with E-state index in [-0.39, 0.29) is 12.3 Å². The SMILES string of the molecule is Bc1ccc(C(=O)CNC(=O)OC(C)(C)C)c2nccn12. The van der Waals surface area contributed by atoms with Gasteiger partial charge in [-0.15, -0.1) is 0 Å². The number of pyridine rings is 1. The Morgan fingerprint density at radius 1 is 1.38 bits per heavy atom. The number of nitrogens with zero attached hydrogens (tertiary/aromatic N) is 2. The number of alkyl carbamates (subject to hydrolysis) is 1. The van der Waals surface area contributed by atoms with Crippen LogP contribution in [0.1, 0.15) is 31.1 Å². The molecule has 110 valence electrons. The van der Waals surface area contributed by atoms with Gasteiger partial charge in [0, 0.05) is 12.4 Å². The number of aromatic nitrogens is 2. The predicted octanol–water partition coefficient (Wildman–Crippen LogP) is 0.300. The van der Waals surface area contributed by atoms with Gasteiger partial charge in [-0.05, 0) is 32.4 Å². The quantitative estimate of drug-likeness (QED) is 0.651. The summed E-state index contributed by atoms with van der Waals surface area (Å²) in [5.41, 5.74) is 1.46. The lowest BCUT2D eigenvalue weighted by Crippen LogP contribution is -2.35. The minimum Gasteiger partial charge on any atom is -0.444 e. The summed E-state index contributed by atoms with van der Waals surface area (Å²) in [6.45, 7) is 5.17. The van der Waals surface area contributed by atoms with Crippen LogP contribution in [0, 0.1) is 0 Å². The smallest absolute Gasteiger partial charge is 0.408 e. The zero-order valence-corrected chi connectivity index (χ0v) is 12.6. The van der Waals surface area contributed by atoms with Crippen molar-refractivity contribution in [3.05, 3.63) is 30.1 Å². The molecule has 6 nitrogen and oxygen atoms in total. The van der Waals surface area contributed by atoms with Crippen molar-refractivity contribution in [2.45, 2.75) is 26.4 Å². The summed E-state index contributed by atoms with van der Waals surface area (Å²) in [6.07, 6.45) is 2.82. The summed E-state index contributed by atoms with van der Waals surface area (Å²) >= 11 is 0. The number of carbonyl (C=O) groups excluding carboxylic acids is 2. The Hall–Kier alpha value is -2.31. The number of ketones is 1. The van der Waals surface area contributed by atoms with Crippen molar-refractivity contribution in [3.8, 4) is 0 Å². The van der Waals surface area contributed by atoms with Crippen LogP contribution in [0.25, 0.3) is 5.65 Å². The first-order valence-electron chi connectivity index (χ1n) is 6.70. The second-order valence-corrected chi connectivity index (χ2v) is 5.79. The fourth-order valence-electron chi connectivity index (χ4n) is 1.93. The van der Waals surface area contributed by atoms with Crippen LogP contribution in [-0.2, 0) is 4.74 Å². The van der Waals surface area contributed by atoms with E-state index in [9.17, 15) is 9.59 Å². The first-order valence-corrected chi connectivity index (χ1v) is 6.70. The van der Waals surface area contributed by atoms with Gasteiger partial charge in [-0.3, -0.25) is 4.79 Å². The van der Waals surface area contributed by atoms with E-state index in [2.05, 4.69) is 10.3 Å². The molecule has 2 rings (SSSR count). The molecule has 0 aliphatic heterocycles. The Morgan fingerprint density at radius 2 is 2.10 bits per heavy atom. The molecule has 0 aromatic carbocycles. The monoisotopic (exact) mass is 287 g/mol. The molecule has 0 unspecified atom stereocenters. The molecule has 2 aromatic heterocycles. The lowest BCUT2D eigenvalue weighted by Gasteiger charge is -2.19. The Labute approximate surface area is 123 Å². The van der Waals surface area contributed by atoms with Gasteiger partial charge < -0.3 is 14.5 Å². The van der Waals surface area contributed by atoms with Crippen molar-refractivity contribution >= 4 is 31.0 Å². The number of carbonyl (C=O) groups is 2. The number of imidazole rings is 1. The third-order valence-corrected chi connectivity index (χ3v) is 2.85. The van der Waals surface area contributed by atoms with Gasteiger partial charge in [0.25, 0.3) is 0 Å². The molecule has 0 aliphatic rings. The van der Waals surface area contributed by atoms with Crippen molar-refractivity contribution in [1.29, 1.82) is 0 Å². The fourth-order valence-corrected chi connectivity index (χ4v) is 1.93. The molecular weight excluding hydrogens is 269 g/mol. The van der Waals surface area contributed by atoms with Gasteiger partial charge in [0.1, 0.15) is 11.2 Å². The molecule has 0 fully saturated rings. The number of rotatable bonds is 3. The van der Waals surface area contributed by atoms with Crippen LogP contribution in [0.2, 0.25) is 0 Å². The van der Waals surface area contributed by atoms with Crippen LogP contribution >= 0.6 is 0 Å². The summed E-state index contributed by atoms with van der Waals surface area (Å²) in [7, 11) is 1.93. The number of fused-ring (bicyclic) bond motifs is 1. The highest BCUT2D eigenvalue weighted by molar-refractivity contribution is 6.31. The first kappa shape index (κ1) is 15.1. The standard InChI is InChI=1S/C14H18BN3O3/c1-14(2,3)21-13(20)17-8-10(19)9-4-5-11(15)18-7-6-16-12(9)18/h4-7H,8,15H2,1-3H3,(H,17,20). The van der Waals surface area contributed by atoms with E-state index < -0.39 is 11.7 Å². The Balaban J connectivity index is 2.08.